The van der Waals surface area contributed by atoms with Gasteiger partial charge in [0.25, 0.3) is 0 Å². The van der Waals surface area contributed by atoms with Gasteiger partial charge in [-0.2, -0.15) is 0 Å². The lowest BCUT2D eigenvalue weighted by Crippen LogP contribution is -2.55. The van der Waals surface area contributed by atoms with Crippen molar-refractivity contribution in [1.82, 2.24) is 20.9 Å². The summed E-state index contributed by atoms with van der Waals surface area (Å²) in [7, 11) is 0. The first-order valence-electron chi connectivity index (χ1n) is 15.8. The van der Waals surface area contributed by atoms with Crippen LogP contribution in [0.2, 0.25) is 0 Å². The van der Waals surface area contributed by atoms with Gasteiger partial charge < -0.3 is 35.9 Å². The fourth-order valence-electron chi connectivity index (χ4n) is 6.26. The molecule has 2 aromatic rings. The Hall–Kier alpha value is -5.60. The van der Waals surface area contributed by atoms with Crippen LogP contribution in [0.3, 0.4) is 0 Å². The molecule has 4 rings (SSSR count). The van der Waals surface area contributed by atoms with Crippen LogP contribution in [0.4, 0.5) is 5.69 Å². The smallest absolute Gasteiger partial charge is 0.305 e. The van der Waals surface area contributed by atoms with Crippen LogP contribution in [0.25, 0.3) is 0 Å². The van der Waals surface area contributed by atoms with Crippen LogP contribution in [0.15, 0.2) is 42.5 Å². The minimum atomic E-state index is -1.33. The zero-order chi connectivity index (χ0) is 35.8. The van der Waals surface area contributed by atoms with Gasteiger partial charge in [-0.3, -0.25) is 38.5 Å². The van der Waals surface area contributed by atoms with E-state index >= 15 is 0 Å². The largest absolute Gasteiger partial charge is 0.481 e. The molecule has 0 aliphatic carbocycles. The number of carboxylic acid groups (broad SMARTS) is 2. The highest BCUT2D eigenvalue weighted by atomic mass is 16.4. The fourth-order valence-corrected chi connectivity index (χ4v) is 6.26. The molecule has 0 radical (unpaired) electrons. The summed E-state index contributed by atoms with van der Waals surface area (Å²) in [4.78, 5) is 103. The highest BCUT2D eigenvalue weighted by Crippen LogP contribution is 2.33. The van der Waals surface area contributed by atoms with E-state index < -0.39 is 72.7 Å². The minimum absolute atomic E-state index is 0.0295. The molecule has 15 nitrogen and oxygen atoms in total. The number of hydrogen-bond donors (Lipinski definition) is 5. The van der Waals surface area contributed by atoms with E-state index in [9.17, 15) is 38.4 Å². The molecule has 49 heavy (non-hydrogen) atoms. The monoisotopic (exact) mass is 677 g/mol. The maximum absolute atomic E-state index is 13.6. The number of nitrogens with one attached hydrogen (secondary N) is 3. The zero-order valence-corrected chi connectivity index (χ0v) is 27.1. The summed E-state index contributed by atoms with van der Waals surface area (Å²) in [5, 5.41) is 25.8. The molecule has 15 heteroatoms. The van der Waals surface area contributed by atoms with Crippen molar-refractivity contribution in [2.45, 2.75) is 76.5 Å². The van der Waals surface area contributed by atoms with Gasteiger partial charge in [-0.15, -0.1) is 0 Å². The minimum Gasteiger partial charge on any atom is -0.481 e. The Morgan fingerprint density at radius 1 is 0.959 bits per heavy atom. The molecule has 2 aliphatic rings. The Labute approximate surface area is 282 Å². The summed E-state index contributed by atoms with van der Waals surface area (Å²) in [5.41, 5.74) is 3.55. The van der Waals surface area contributed by atoms with Crippen molar-refractivity contribution in [3.05, 3.63) is 64.7 Å². The quantitative estimate of drug-likeness (QED) is 0.173. The topological polar surface area (TPSA) is 220 Å². The molecule has 0 aromatic heterocycles. The van der Waals surface area contributed by atoms with Crippen molar-refractivity contribution in [3.8, 4) is 0 Å². The number of carbonyl (C=O) groups excluding carboxylic acids is 6. The number of fused-ring (bicyclic) bond motifs is 2. The number of hydrogen-bond acceptors (Lipinski definition) is 8. The van der Waals surface area contributed by atoms with E-state index in [0.717, 1.165) is 16.7 Å². The number of rotatable bonds is 14. The van der Waals surface area contributed by atoms with Crippen molar-refractivity contribution >= 4 is 53.4 Å². The highest BCUT2D eigenvalue weighted by molar-refractivity contribution is 6.03. The van der Waals surface area contributed by atoms with Gasteiger partial charge in [-0.1, -0.05) is 42.0 Å². The van der Waals surface area contributed by atoms with Gasteiger partial charge in [0.2, 0.25) is 29.5 Å². The summed E-state index contributed by atoms with van der Waals surface area (Å²) < 4.78 is 0. The summed E-state index contributed by atoms with van der Waals surface area (Å²) in [6, 6.07) is 7.58. The number of benzene rings is 2. The summed E-state index contributed by atoms with van der Waals surface area (Å²) in [6.45, 7) is 2.68. The van der Waals surface area contributed by atoms with Crippen LogP contribution in [0.5, 0.6) is 0 Å². The molecule has 4 atom stereocenters. The number of carboxylic acids is 2. The predicted molar refractivity (Wildman–Crippen MR) is 173 cm³/mol. The van der Waals surface area contributed by atoms with Crippen LogP contribution >= 0.6 is 0 Å². The standard InChI is InChI=1S/C34H39N5O10/c1-19-10-11-24-21(14-19)12-13-38(31(24)34(49)36-23(18-40)16-30(45)46)28(42)17-35-32(47)25(7-5-9-29(43)44)37-33(48)27-15-22-6-3-4-8-26(22)39(27)20(2)41/h3-4,6,8,10-11,14,18,23,25,27,31H,5,7,9,12-13,15-17H2,1-2H3,(H,35,47)(H,36,49)(H,37,48)(H,43,44)(H,45,46)/t23?,25?,27?,31-/m0/s1. The molecule has 2 heterocycles. The molecule has 260 valence electrons. The zero-order valence-electron chi connectivity index (χ0n) is 27.1. The number of carbonyl (C=O) groups is 8. The van der Waals surface area contributed by atoms with Crippen LogP contribution < -0.4 is 20.9 Å². The number of aliphatic carboxylic acids is 2. The Kier molecular flexibility index (Phi) is 11.8. The average molecular weight is 678 g/mol. The van der Waals surface area contributed by atoms with Crippen LogP contribution in [0.1, 0.15) is 60.9 Å². The molecule has 2 aliphatic heterocycles. The maximum Gasteiger partial charge on any atom is 0.305 e. The second-order valence-corrected chi connectivity index (χ2v) is 12.1. The summed E-state index contributed by atoms with van der Waals surface area (Å²) in [5.74, 6) is -5.60. The summed E-state index contributed by atoms with van der Waals surface area (Å²) >= 11 is 0. The van der Waals surface area contributed by atoms with E-state index in [1.165, 1.54) is 16.7 Å². The van der Waals surface area contributed by atoms with E-state index in [-0.39, 0.29) is 38.1 Å². The number of nitrogens with zero attached hydrogens (tertiary/aromatic N) is 2. The fraction of sp³-hybridized carbons (Fsp3) is 0.412. The number of anilines is 1. The van der Waals surface area contributed by atoms with Gasteiger partial charge in [0.05, 0.1) is 19.0 Å². The Bertz CT molecular complexity index is 1660. The first kappa shape index (κ1) is 36.2. The van der Waals surface area contributed by atoms with E-state index in [0.29, 0.717) is 24.0 Å². The van der Waals surface area contributed by atoms with Crippen molar-refractivity contribution in [1.29, 1.82) is 0 Å². The van der Waals surface area contributed by atoms with E-state index in [1.54, 1.807) is 36.4 Å². The first-order chi connectivity index (χ1) is 23.3. The number of para-hydroxylation sites is 1. The third-order valence-electron chi connectivity index (χ3n) is 8.53. The van der Waals surface area contributed by atoms with E-state index in [1.807, 2.05) is 13.0 Å². The van der Waals surface area contributed by atoms with Gasteiger partial charge in [-0.05, 0) is 48.9 Å². The Morgan fingerprint density at radius 2 is 1.69 bits per heavy atom. The summed E-state index contributed by atoms with van der Waals surface area (Å²) in [6.07, 6.45) is -0.0793. The molecule has 0 bridgehead atoms. The Balaban J connectivity index is 1.49. The van der Waals surface area contributed by atoms with Gasteiger partial charge in [0, 0.05) is 32.0 Å². The average Bonchev–Trinajstić information content (AvgIpc) is 3.45. The number of amides is 5. The molecule has 3 unspecified atom stereocenters. The SMILES string of the molecule is CC(=O)N1c2ccccc2CC1C(=O)NC(CCCC(=O)O)C(=O)NCC(=O)N1CCc2cc(C)ccc2[C@H]1C(=O)NC(C=O)CC(=O)O. The normalized spacial score (nSPS) is 17.5. The van der Waals surface area contributed by atoms with Gasteiger partial charge in [0.15, 0.2) is 0 Å². The Morgan fingerprint density at radius 3 is 2.37 bits per heavy atom. The van der Waals surface area contributed by atoms with Crippen molar-refractivity contribution in [2.75, 3.05) is 18.0 Å². The second kappa shape index (κ2) is 16.0. The molecular formula is C34H39N5O10. The molecule has 0 saturated carbocycles. The van der Waals surface area contributed by atoms with E-state index in [2.05, 4.69) is 16.0 Å². The third-order valence-corrected chi connectivity index (χ3v) is 8.53. The number of aryl methyl sites for hydroxylation is 1. The molecule has 0 spiro atoms. The van der Waals surface area contributed by atoms with E-state index in [4.69, 9.17) is 10.2 Å². The number of aldehydes is 1. The van der Waals surface area contributed by atoms with Gasteiger partial charge in [0.1, 0.15) is 24.4 Å². The molecule has 0 saturated heterocycles. The lowest BCUT2D eigenvalue weighted by atomic mass is 9.90. The lowest BCUT2D eigenvalue weighted by molar-refractivity contribution is -0.143. The molecule has 5 amide bonds. The third kappa shape index (κ3) is 8.86. The highest BCUT2D eigenvalue weighted by Gasteiger charge is 2.39. The first-order valence-corrected chi connectivity index (χ1v) is 15.8. The molecule has 5 N–H and O–H groups in total. The van der Waals surface area contributed by atoms with Gasteiger partial charge in [-0.25, -0.2) is 0 Å². The van der Waals surface area contributed by atoms with Crippen molar-refractivity contribution in [3.63, 3.8) is 0 Å². The van der Waals surface area contributed by atoms with Crippen molar-refractivity contribution < 1.29 is 48.6 Å². The van der Waals surface area contributed by atoms with Crippen LogP contribution in [-0.2, 0) is 51.2 Å². The molecular weight excluding hydrogens is 638 g/mol. The molecule has 0 fully saturated rings. The predicted octanol–water partition coefficient (Wildman–Crippen LogP) is 0.413. The van der Waals surface area contributed by atoms with Crippen molar-refractivity contribution in [2.24, 2.45) is 0 Å². The maximum atomic E-state index is 13.6. The van der Waals surface area contributed by atoms with Crippen LogP contribution in [-0.4, -0.2) is 94.1 Å². The lowest BCUT2D eigenvalue weighted by Gasteiger charge is -2.37. The second-order valence-electron chi connectivity index (χ2n) is 12.1. The van der Waals surface area contributed by atoms with Gasteiger partial charge >= 0.3 is 11.9 Å². The van der Waals surface area contributed by atoms with Crippen LogP contribution in [0, 0.1) is 6.92 Å². The molecule has 2 aromatic carbocycles.